The minimum Gasteiger partial charge on any atom is -0.494 e. The van der Waals surface area contributed by atoms with Gasteiger partial charge in [-0.2, -0.15) is 0 Å². The first kappa shape index (κ1) is 18.0. The van der Waals surface area contributed by atoms with Gasteiger partial charge in [0.1, 0.15) is 11.3 Å². The van der Waals surface area contributed by atoms with Crippen LogP contribution < -0.4 is 10.1 Å². The van der Waals surface area contributed by atoms with Crippen molar-refractivity contribution in [2.45, 2.75) is 45.6 Å². The second-order valence-electron chi connectivity index (χ2n) is 5.30. The van der Waals surface area contributed by atoms with Crippen molar-refractivity contribution < 1.29 is 19.1 Å². The Labute approximate surface area is 132 Å². The summed E-state index contributed by atoms with van der Waals surface area (Å²) in [6.07, 6.45) is 1.41. The number of ether oxygens (including phenoxy) is 2. The van der Waals surface area contributed by atoms with Gasteiger partial charge >= 0.3 is 5.97 Å². The Hall–Kier alpha value is -2.04. The van der Waals surface area contributed by atoms with E-state index in [9.17, 15) is 9.59 Å². The zero-order chi connectivity index (χ0) is 16.6. The highest BCUT2D eigenvalue weighted by atomic mass is 16.5. The van der Waals surface area contributed by atoms with Crippen LogP contribution in [0.25, 0.3) is 0 Å². The standard InChI is InChI=1S/C17H25NO4/c1-5-17(3,16(20)21-4)18-15(19)12-9-13-7-10-14(11-8-13)22-6-2/h7-8,10-11H,5-6,9,12H2,1-4H3,(H,18,19). The van der Waals surface area contributed by atoms with E-state index in [0.717, 1.165) is 11.3 Å². The minimum atomic E-state index is -0.968. The first-order valence-corrected chi connectivity index (χ1v) is 7.56. The van der Waals surface area contributed by atoms with E-state index in [1.54, 1.807) is 6.92 Å². The van der Waals surface area contributed by atoms with Crippen LogP contribution in [0.5, 0.6) is 5.75 Å². The predicted octanol–water partition coefficient (Wildman–Crippen LogP) is 2.48. The number of amides is 1. The van der Waals surface area contributed by atoms with Crippen molar-refractivity contribution in [2.24, 2.45) is 0 Å². The molecule has 22 heavy (non-hydrogen) atoms. The lowest BCUT2D eigenvalue weighted by atomic mass is 9.98. The Morgan fingerprint density at radius 3 is 2.32 bits per heavy atom. The molecule has 0 aliphatic heterocycles. The zero-order valence-corrected chi connectivity index (χ0v) is 13.8. The van der Waals surface area contributed by atoms with Crippen molar-refractivity contribution in [3.05, 3.63) is 29.8 Å². The first-order chi connectivity index (χ1) is 10.4. The molecule has 1 unspecified atom stereocenters. The van der Waals surface area contributed by atoms with E-state index in [1.165, 1.54) is 7.11 Å². The largest absolute Gasteiger partial charge is 0.494 e. The third kappa shape index (κ3) is 5.06. The summed E-state index contributed by atoms with van der Waals surface area (Å²) in [4.78, 5) is 23.8. The zero-order valence-electron chi connectivity index (χ0n) is 13.8. The Kier molecular flexibility index (Phi) is 6.89. The molecule has 0 bridgehead atoms. The van der Waals surface area contributed by atoms with Crippen molar-refractivity contribution in [3.8, 4) is 5.75 Å². The van der Waals surface area contributed by atoms with Crippen molar-refractivity contribution in [3.63, 3.8) is 0 Å². The molecule has 1 amide bonds. The maximum atomic E-state index is 12.0. The molecule has 1 atom stereocenters. The molecule has 1 aromatic rings. The number of rotatable bonds is 8. The highest BCUT2D eigenvalue weighted by Crippen LogP contribution is 2.15. The highest BCUT2D eigenvalue weighted by molar-refractivity contribution is 5.87. The molecular formula is C17H25NO4. The molecule has 122 valence electrons. The number of aryl methyl sites for hydroxylation is 1. The maximum Gasteiger partial charge on any atom is 0.331 e. The first-order valence-electron chi connectivity index (χ1n) is 7.56. The number of esters is 1. The molecule has 0 aromatic heterocycles. The van der Waals surface area contributed by atoms with Gasteiger partial charge < -0.3 is 14.8 Å². The quantitative estimate of drug-likeness (QED) is 0.749. The van der Waals surface area contributed by atoms with E-state index < -0.39 is 11.5 Å². The number of hydrogen-bond acceptors (Lipinski definition) is 4. The molecule has 1 rings (SSSR count). The van der Waals surface area contributed by atoms with Crippen LogP contribution in [0.2, 0.25) is 0 Å². The molecule has 0 saturated heterocycles. The molecule has 0 spiro atoms. The van der Waals surface area contributed by atoms with E-state index in [0.29, 0.717) is 25.9 Å². The molecule has 0 saturated carbocycles. The number of benzene rings is 1. The second kappa shape index (κ2) is 8.41. The summed E-state index contributed by atoms with van der Waals surface area (Å²) >= 11 is 0. The van der Waals surface area contributed by atoms with Gasteiger partial charge in [0.05, 0.1) is 13.7 Å². The lowest BCUT2D eigenvalue weighted by Gasteiger charge is -2.26. The van der Waals surface area contributed by atoms with Gasteiger partial charge in [0.25, 0.3) is 0 Å². The minimum absolute atomic E-state index is 0.163. The SMILES string of the molecule is CCOc1ccc(CCC(=O)NC(C)(CC)C(=O)OC)cc1. The fraction of sp³-hybridized carbons (Fsp3) is 0.529. The van der Waals surface area contributed by atoms with Crippen LogP contribution in [-0.2, 0) is 20.7 Å². The van der Waals surface area contributed by atoms with Crippen molar-refractivity contribution in [1.82, 2.24) is 5.32 Å². The second-order valence-corrected chi connectivity index (χ2v) is 5.30. The molecule has 1 aromatic carbocycles. The Balaban J connectivity index is 2.53. The van der Waals surface area contributed by atoms with Crippen molar-refractivity contribution in [2.75, 3.05) is 13.7 Å². The van der Waals surface area contributed by atoms with Crippen LogP contribution in [0.1, 0.15) is 39.2 Å². The lowest BCUT2D eigenvalue weighted by molar-refractivity contribution is -0.150. The van der Waals surface area contributed by atoms with E-state index in [1.807, 2.05) is 38.1 Å². The molecule has 0 aliphatic rings. The fourth-order valence-electron chi connectivity index (χ4n) is 2.06. The molecule has 0 fully saturated rings. The van der Waals surface area contributed by atoms with Crippen LogP contribution in [0.15, 0.2) is 24.3 Å². The maximum absolute atomic E-state index is 12.0. The van der Waals surface area contributed by atoms with Gasteiger partial charge in [-0.25, -0.2) is 4.79 Å². The number of carbonyl (C=O) groups excluding carboxylic acids is 2. The van der Waals surface area contributed by atoms with Gasteiger partial charge in [0, 0.05) is 6.42 Å². The number of carbonyl (C=O) groups is 2. The Bertz CT molecular complexity index is 498. The predicted molar refractivity (Wildman–Crippen MR) is 84.8 cm³/mol. The molecule has 1 N–H and O–H groups in total. The Morgan fingerprint density at radius 2 is 1.82 bits per heavy atom. The highest BCUT2D eigenvalue weighted by Gasteiger charge is 2.33. The van der Waals surface area contributed by atoms with Crippen molar-refractivity contribution in [1.29, 1.82) is 0 Å². The van der Waals surface area contributed by atoms with Crippen LogP contribution in [0.3, 0.4) is 0 Å². The summed E-state index contributed by atoms with van der Waals surface area (Å²) in [5.74, 6) is 0.230. The van der Waals surface area contributed by atoms with E-state index in [4.69, 9.17) is 9.47 Å². The summed E-state index contributed by atoms with van der Waals surface area (Å²) in [6, 6.07) is 7.66. The van der Waals surface area contributed by atoms with Gasteiger partial charge in [0.2, 0.25) is 5.91 Å². The number of hydrogen-bond donors (Lipinski definition) is 1. The molecule has 5 heteroatoms. The average Bonchev–Trinajstić information content (AvgIpc) is 2.53. The van der Waals surface area contributed by atoms with Gasteiger partial charge in [-0.05, 0) is 44.4 Å². The summed E-state index contributed by atoms with van der Waals surface area (Å²) < 4.78 is 10.1. The van der Waals surface area contributed by atoms with E-state index in [2.05, 4.69) is 5.32 Å². The fourth-order valence-corrected chi connectivity index (χ4v) is 2.06. The topological polar surface area (TPSA) is 64.6 Å². The van der Waals surface area contributed by atoms with Gasteiger partial charge in [0.15, 0.2) is 0 Å². The van der Waals surface area contributed by atoms with Gasteiger partial charge in [-0.3, -0.25) is 4.79 Å². The molecule has 0 aliphatic carbocycles. The summed E-state index contributed by atoms with van der Waals surface area (Å²) in [7, 11) is 1.32. The van der Waals surface area contributed by atoms with Crippen LogP contribution in [0.4, 0.5) is 0 Å². The molecule has 0 heterocycles. The third-order valence-electron chi connectivity index (χ3n) is 3.63. The number of nitrogens with one attached hydrogen (secondary N) is 1. The summed E-state index contributed by atoms with van der Waals surface area (Å²) in [5, 5.41) is 2.76. The molecule has 0 radical (unpaired) electrons. The number of methoxy groups -OCH3 is 1. The van der Waals surface area contributed by atoms with Crippen molar-refractivity contribution >= 4 is 11.9 Å². The van der Waals surface area contributed by atoms with Crippen LogP contribution in [-0.4, -0.2) is 31.1 Å². The van der Waals surface area contributed by atoms with Gasteiger partial charge in [-0.15, -0.1) is 0 Å². The lowest BCUT2D eigenvalue weighted by Crippen LogP contribution is -2.52. The average molecular weight is 307 g/mol. The monoisotopic (exact) mass is 307 g/mol. The van der Waals surface area contributed by atoms with Crippen LogP contribution in [0, 0.1) is 0 Å². The Morgan fingerprint density at radius 1 is 1.18 bits per heavy atom. The molecule has 5 nitrogen and oxygen atoms in total. The summed E-state index contributed by atoms with van der Waals surface area (Å²) in [5.41, 5.74) is 0.0832. The van der Waals surface area contributed by atoms with Crippen LogP contribution >= 0.6 is 0 Å². The van der Waals surface area contributed by atoms with Gasteiger partial charge in [-0.1, -0.05) is 19.1 Å². The van der Waals surface area contributed by atoms with E-state index >= 15 is 0 Å². The third-order valence-corrected chi connectivity index (χ3v) is 3.63. The smallest absolute Gasteiger partial charge is 0.331 e. The normalized spacial score (nSPS) is 13.1. The molecular weight excluding hydrogens is 282 g/mol. The summed E-state index contributed by atoms with van der Waals surface area (Å²) in [6.45, 7) is 6.08. The van der Waals surface area contributed by atoms with E-state index in [-0.39, 0.29) is 5.91 Å².